The second-order valence-corrected chi connectivity index (χ2v) is 16.6. The summed E-state index contributed by atoms with van der Waals surface area (Å²) in [5.41, 5.74) is 8.76. The van der Waals surface area contributed by atoms with Crippen molar-refractivity contribution in [3.8, 4) is 22.9 Å². The number of para-hydroxylation sites is 2. The van der Waals surface area contributed by atoms with E-state index in [2.05, 4.69) is 179 Å². The first-order chi connectivity index (χ1) is 27.8. The van der Waals surface area contributed by atoms with Gasteiger partial charge in [0.15, 0.2) is 0 Å². The number of hydrogen-bond donors (Lipinski definition) is 0. The van der Waals surface area contributed by atoms with Crippen LogP contribution in [0.25, 0.3) is 118 Å². The van der Waals surface area contributed by atoms with Gasteiger partial charge < -0.3 is 4.57 Å². The van der Waals surface area contributed by atoms with E-state index < -0.39 is 0 Å². The molecule has 0 aliphatic carbocycles. The van der Waals surface area contributed by atoms with Crippen molar-refractivity contribution in [3.63, 3.8) is 0 Å². The molecule has 6 heteroatoms. The Morgan fingerprint density at radius 1 is 0.393 bits per heavy atom. The number of rotatable bonds is 3. The highest BCUT2D eigenvalue weighted by Crippen LogP contribution is 2.49. The number of aromatic nitrogens is 4. The molecule has 0 aliphatic heterocycles. The predicted octanol–water partition coefficient (Wildman–Crippen LogP) is 14.2. The van der Waals surface area contributed by atoms with Gasteiger partial charge >= 0.3 is 0 Å². The second-order valence-electron chi connectivity index (χ2n) is 14.5. The van der Waals surface area contributed by atoms with E-state index >= 15 is 0 Å². The van der Waals surface area contributed by atoms with Crippen LogP contribution in [-0.4, -0.2) is 19.1 Å². The lowest BCUT2D eigenvalue weighted by Crippen LogP contribution is -2.03. The largest absolute Gasteiger partial charge is 0.309 e. The van der Waals surface area contributed by atoms with Crippen LogP contribution in [0.2, 0.25) is 0 Å². The SMILES string of the molecule is c1ccc(-c2nc(-n3c4ccc(-n5c6ccccc6c6ccccc65)cc4c4c5ccccc5c5c6ccccc6sc5c43)nc3c2sc2ccccc23)cc1. The monoisotopic (exact) mass is 748 g/mol. The van der Waals surface area contributed by atoms with Crippen molar-refractivity contribution in [2.45, 2.75) is 0 Å². The lowest BCUT2D eigenvalue weighted by molar-refractivity contribution is 1.02. The van der Waals surface area contributed by atoms with Crippen molar-refractivity contribution in [1.82, 2.24) is 19.1 Å². The number of thiophene rings is 2. The summed E-state index contributed by atoms with van der Waals surface area (Å²) >= 11 is 3.64. The molecule has 56 heavy (non-hydrogen) atoms. The van der Waals surface area contributed by atoms with E-state index in [-0.39, 0.29) is 0 Å². The highest BCUT2D eigenvalue weighted by atomic mass is 32.1. The van der Waals surface area contributed by atoms with Crippen molar-refractivity contribution in [1.29, 1.82) is 0 Å². The highest BCUT2D eigenvalue weighted by Gasteiger charge is 2.25. The minimum absolute atomic E-state index is 0.679. The van der Waals surface area contributed by atoms with E-state index in [4.69, 9.17) is 9.97 Å². The molecule has 8 aromatic carbocycles. The highest BCUT2D eigenvalue weighted by molar-refractivity contribution is 7.27. The van der Waals surface area contributed by atoms with Gasteiger partial charge in [-0.3, -0.25) is 4.57 Å². The summed E-state index contributed by atoms with van der Waals surface area (Å²) < 4.78 is 9.61. The predicted molar refractivity (Wildman–Crippen MR) is 239 cm³/mol. The molecule has 0 fully saturated rings. The summed E-state index contributed by atoms with van der Waals surface area (Å²) in [7, 11) is 0. The van der Waals surface area contributed by atoms with Gasteiger partial charge in [0.2, 0.25) is 5.95 Å². The quantitative estimate of drug-likeness (QED) is 0.180. The Hall–Kier alpha value is -6.86. The minimum atomic E-state index is 0.679. The normalized spacial score (nSPS) is 12.3. The summed E-state index contributed by atoms with van der Waals surface area (Å²) in [5.74, 6) is 0.679. The molecule has 0 spiro atoms. The molecule has 0 saturated heterocycles. The Labute approximate surface area is 327 Å². The first-order valence-electron chi connectivity index (χ1n) is 18.8. The van der Waals surface area contributed by atoms with Crippen LogP contribution in [0.4, 0.5) is 0 Å². The van der Waals surface area contributed by atoms with E-state index in [0.29, 0.717) is 5.95 Å². The second kappa shape index (κ2) is 11.3. The van der Waals surface area contributed by atoms with Gasteiger partial charge in [-0.05, 0) is 53.2 Å². The summed E-state index contributed by atoms with van der Waals surface area (Å²) in [6, 6.07) is 61.4. The molecule has 0 unspecified atom stereocenters. The third-order valence-corrected chi connectivity index (χ3v) is 13.9. The topological polar surface area (TPSA) is 35.6 Å². The fourth-order valence-corrected chi connectivity index (χ4v) is 11.6. The maximum Gasteiger partial charge on any atom is 0.235 e. The fourth-order valence-electron chi connectivity index (χ4n) is 9.18. The Morgan fingerprint density at radius 2 is 0.946 bits per heavy atom. The van der Waals surface area contributed by atoms with E-state index in [1.807, 2.05) is 11.3 Å². The van der Waals surface area contributed by atoms with Crippen molar-refractivity contribution >= 4 is 118 Å². The lowest BCUT2D eigenvalue weighted by atomic mass is 9.99. The zero-order valence-electron chi connectivity index (χ0n) is 29.8. The van der Waals surface area contributed by atoms with Crippen molar-refractivity contribution in [3.05, 3.63) is 170 Å². The van der Waals surface area contributed by atoms with Crippen LogP contribution in [-0.2, 0) is 0 Å². The van der Waals surface area contributed by atoms with Gasteiger partial charge in [-0.1, -0.05) is 127 Å². The number of nitrogens with zero attached hydrogens (tertiary/aromatic N) is 4. The molecule has 0 atom stereocenters. The summed E-state index contributed by atoms with van der Waals surface area (Å²) in [6.45, 7) is 0. The van der Waals surface area contributed by atoms with Gasteiger partial charge in [0.05, 0.1) is 42.7 Å². The van der Waals surface area contributed by atoms with Gasteiger partial charge in [-0.2, -0.15) is 0 Å². The maximum absolute atomic E-state index is 5.57. The lowest BCUT2D eigenvalue weighted by Gasteiger charge is -2.12. The van der Waals surface area contributed by atoms with Crippen LogP contribution >= 0.6 is 22.7 Å². The Morgan fingerprint density at radius 3 is 1.68 bits per heavy atom. The number of fused-ring (bicyclic) bond motifs is 16. The minimum Gasteiger partial charge on any atom is -0.309 e. The molecule has 4 nitrogen and oxygen atoms in total. The third-order valence-electron chi connectivity index (χ3n) is 11.5. The molecule has 5 heterocycles. The average molecular weight is 749 g/mol. The zero-order valence-corrected chi connectivity index (χ0v) is 31.4. The fraction of sp³-hybridized carbons (Fsp3) is 0. The van der Waals surface area contributed by atoms with Crippen molar-refractivity contribution in [2.75, 3.05) is 0 Å². The molecule has 5 aromatic heterocycles. The Bertz CT molecular complexity index is 3720. The summed E-state index contributed by atoms with van der Waals surface area (Å²) in [4.78, 5) is 11.1. The molecule has 0 saturated carbocycles. The van der Waals surface area contributed by atoms with Crippen LogP contribution in [0, 0.1) is 0 Å². The molecule has 0 N–H and O–H groups in total. The van der Waals surface area contributed by atoms with Crippen molar-refractivity contribution < 1.29 is 0 Å². The van der Waals surface area contributed by atoms with Gasteiger partial charge in [-0.25, -0.2) is 9.97 Å². The zero-order chi connectivity index (χ0) is 36.5. The van der Waals surface area contributed by atoms with E-state index in [1.54, 1.807) is 11.3 Å². The van der Waals surface area contributed by atoms with E-state index in [9.17, 15) is 0 Å². The molecular formula is C50H28N4S2. The maximum atomic E-state index is 5.57. The number of benzene rings is 8. The van der Waals surface area contributed by atoms with Gasteiger partial charge in [-0.15, -0.1) is 22.7 Å². The van der Waals surface area contributed by atoms with Gasteiger partial charge in [0.1, 0.15) is 0 Å². The van der Waals surface area contributed by atoms with Crippen LogP contribution in [0.15, 0.2) is 170 Å². The van der Waals surface area contributed by atoms with Crippen LogP contribution in [0.1, 0.15) is 0 Å². The molecular weight excluding hydrogens is 721 g/mol. The van der Waals surface area contributed by atoms with E-state index in [0.717, 1.165) is 43.6 Å². The standard InChI is InChI=1S/C50H28N4S2/c1-2-14-29(15-3-1)45-49-46(36-21-9-13-25-42(36)56-49)52-50(51-45)54-40-27-26-30(53-38-22-10-6-16-31(38)32-17-7-11-23-39(32)53)28-37(40)43-33-18-4-5-19-34(33)44-35-20-8-12-24-41(35)55-48(44)47(43)54/h1-28H. The molecule has 13 aromatic rings. The van der Waals surface area contributed by atoms with Crippen LogP contribution < -0.4 is 0 Å². The average Bonchev–Trinajstić information content (AvgIpc) is 4.01. The van der Waals surface area contributed by atoms with Gasteiger partial charge in [0.25, 0.3) is 0 Å². The first-order valence-corrected chi connectivity index (χ1v) is 20.5. The molecule has 0 aliphatic rings. The van der Waals surface area contributed by atoms with Crippen LogP contribution in [0.3, 0.4) is 0 Å². The molecule has 0 bridgehead atoms. The van der Waals surface area contributed by atoms with Crippen molar-refractivity contribution in [2.24, 2.45) is 0 Å². The molecule has 260 valence electrons. The summed E-state index contributed by atoms with van der Waals surface area (Å²) in [5, 5.41) is 11.1. The smallest absolute Gasteiger partial charge is 0.235 e. The summed E-state index contributed by atoms with van der Waals surface area (Å²) in [6.07, 6.45) is 0. The van der Waals surface area contributed by atoms with Gasteiger partial charge in [0, 0.05) is 58.4 Å². The van der Waals surface area contributed by atoms with E-state index in [1.165, 1.54) is 68.2 Å². The number of hydrogen-bond acceptors (Lipinski definition) is 4. The molecule has 0 radical (unpaired) electrons. The molecule has 0 amide bonds. The Balaban J connectivity index is 1.24. The van der Waals surface area contributed by atoms with Crippen LogP contribution in [0.5, 0.6) is 0 Å². The Kier molecular flexibility index (Phi) is 6.17. The molecule has 13 rings (SSSR count). The first kappa shape index (κ1) is 30.5. The third kappa shape index (κ3) is 4.06.